The highest BCUT2D eigenvalue weighted by Gasteiger charge is 2.70. The molecule has 3 saturated carbocycles. The van der Waals surface area contributed by atoms with Crippen LogP contribution in [0, 0.1) is 28.6 Å². The number of amides is 1. The van der Waals surface area contributed by atoms with E-state index in [1.165, 1.54) is 13.0 Å². The van der Waals surface area contributed by atoms with Crippen LogP contribution in [0.5, 0.6) is 0 Å². The number of aliphatic carboxylic acids is 1. The molecule has 0 saturated heterocycles. The number of ether oxygens (including phenoxy) is 1. The third kappa shape index (κ3) is 3.41. The summed E-state index contributed by atoms with van der Waals surface area (Å²) in [5.74, 6) is -2.31. The summed E-state index contributed by atoms with van der Waals surface area (Å²) in [5, 5.41) is 23.7. The highest BCUT2D eigenvalue weighted by Crippen LogP contribution is 2.68. The second kappa shape index (κ2) is 8.43. The van der Waals surface area contributed by atoms with Crippen molar-refractivity contribution in [2.75, 3.05) is 5.75 Å². The SMILES string of the molecule is CC(=O)N[C@@H](CS)C(=O)OC1(C(=O)O)CCC2C3CCC4=CC(=O)C=C(O)C4(C)C3CCC21C. The van der Waals surface area contributed by atoms with E-state index in [4.69, 9.17) is 4.74 Å². The Morgan fingerprint density at radius 3 is 2.47 bits per heavy atom. The summed E-state index contributed by atoms with van der Waals surface area (Å²) in [6, 6.07) is -1.03. The van der Waals surface area contributed by atoms with E-state index in [1.54, 1.807) is 6.08 Å². The van der Waals surface area contributed by atoms with Gasteiger partial charge in [-0.15, -0.1) is 0 Å². The van der Waals surface area contributed by atoms with Crippen molar-refractivity contribution in [2.24, 2.45) is 28.6 Å². The molecule has 0 bridgehead atoms. The van der Waals surface area contributed by atoms with Crippen LogP contribution in [-0.4, -0.2) is 51.2 Å². The van der Waals surface area contributed by atoms with Crippen LogP contribution in [0.4, 0.5) is 0 Å². The topological polar surface area (TPSA) is 130 Å². The van der Waals surface area contributed by atoms with E-state index < -0.39 is 40.3 Å². The molecule has 0 heterocycles. The number of esters is 1. The number of hydrogen-bond acceptors (Lipinski definition) is 7. The van der Waals surface area contributed by atoms with E-state index in [2.05, 4.69) is 17.9 Å². The Balaban J connectivity index is 1.66. The molecule has 34 heavy (non-hydrogen) atoms. The predicted molar refractivity (Wildman–Crippen MR) is 126 cm³/mol. The van der Waals surface area contributed by atoms with E-state index >= 15 is 0 Å². The Kier molecular flexibility index (Phi) is 6.15. The van der Waals surface area contributed by atoms with Crippen molar-refractivity contribution in [3.8, 4) is 0 Å². The lowest BCUT2D eigenvalue weighted by molar-refractivity contribution is -0.202. The molecule has 3 fully saturated rings. The van der Waals surface area contributed by atoms with Crippen molar-refractivity contribution in [1.82, 2.24) is 5.32 Å². The summed E-state index contributed by atoms with van der Waals surface area (Å²) in [6.07, 6.45) is 6.33. The van der Waals surface area contributed by atoms with E-state index in [0.29, 0.717) is 25.7 Å². The second-order valence-corrected chi connectivity index (χ2v) is 11.1. The number of fused-ring (bicyclic) bond motifs is 5. The molecule has 0 spiro atoms. The number of rotatable bonds is 5. The fourth-order valence-corrected chi connectivity index (χ4v) is 7.77. The van der Waals surface area contributed by atoms with Crippen molar-refractivity contribution in [3.05, 3.63) is 23.5 Å². The summed E-state index contributed by atoms with van der Waals surface area (Å²) >= 11 is 4.13. The number of nitrogens with one attached hydrogen (secondary N) is 1. The Morgan fingerprint density at radius 2 is 1.85 bits per heavy atom. The molecule has 0 aromatic rings. The molecule has 0 aliphatic heterocycles. The maximum Gasteiger partial charge on any atom is 0.348 e. The lowest BCUT2D eigenvalue weighted by Crippen LogP contribution is -2.60. The van der Waals surface area contributed by atoms with Crippen molar-refractivity contribution >= 4 is 36.3 Å². The van der Waals surface area contributed by atoms with Crippen molar-refractivity contribution in [1.29, 1.82) is 0 Å². The normalized spacial score (nSPS) is 39.5. The van der Waals surface area contributed by atoms with Crippen LogP contribution in [0.15, 0.2) is 23.5 Å². The molecule has 186 valence electrons. The fraction of sp³-hybridized carbons (Fsp3) is 0.680. The van der Waals surface area contributed by atoms with Crippen LogP contribution in [-0.2, 0) is 23.9 Å². The molecule has 9 heteroatoms. The number of ketones is 1. The minimum Gasteiger partial charge on any atom is -0.511 e. The van der Waals surface area contributed by atoms with Crippen LogP contribution in [0.25, 0.3) is 0 Å². The molecule has 7 atom stereocenters. The van der Waals surface area contributed by atoms with Gasteiger partial charge in [0.25, 0.3) is 0 Å². The van der Waals surface area contributed by atoms with Gasteiger partial charge < -0.3 is 20.3 Å². The Bertz CT molecular complexity index is 1010. The van der Waals surface area contributed by atoms with E-state index in [9.17, 15) is 29.4 Å². The predicted octanol–water partition coefficient (Wildman–Crippen LogP) is 2.98. The maximum atomic E-state index is 13.0. The summed E-state index contributed by atoms with van der Waals surface area (Å²) < 4.78 is 5.81. The van der Waals surface area contributed by atoms with E-state index in [1.807, 2.05) is 13.8 Å². The number of carbonyl (C=O) groups is 4. The largest absolute Gasteiger partial charge is 0.511 e. The van der Waals surface area contributed by atoms with E-state index in [-0.39, 0.29) is 41.5 Å². The minimum absolute atomic E-state index is 0.00322. The number of carbonyl (C=O) groups excluding carboxylic acids is 3. The van der Waals surface area contributed by atoms with Gasteiger partial charge >= 0.3 is 11.9 Å². The summed E-state index contributed by atoms with van der Waals surface area (Å²) in [7, 11) is 0. The van der Waals surface area contributed by atoms with Gasteiger partial charge in [0.2, 0.25) is 11.5 Å². The first-order chi connectivity index (χ1) is 15.9. The third-order valence-corrected chi connectivity index (χ3v) is 9.67. The molecule has 3 N–H and O–H groups in total. The fourth-order valence-electron chi connectivity index (χ4n) is 7.53. The lowest BCUT2D eigenvalue weighted by Gasteiger charge is -2.58. The standard InChI is InChI=1S/C25H33NO7S/c1-13(27)26-19(12-34)21(30)33-25(22(31)32)9-7-17-16-5-4-14-10-15(28)11-20(29)24(14,3)18(16)6-8-23(17,25)2/h10-11,16-19,29,34H,4-9,12H2,1-3H3,(H,26,27)(H,31,32)/t16?,17?,18?,19-,23?,24?,25?/m0/s1. The first kappa shape index (κ1) is 24.8. The van der Waals surface area contributed by atoms with Gasteiger partial charge in [-0.05, 0) is 69.3 Å². The molecule has 4 aliphatic rings. The summed E-state index contributed by atoms with van der Waals surface area (Å²) in [4.78, 5) is 49.2. The number of aliphatic hydroxyl groups is 1. The van der Waals surface area contributed by atoms with E-state index in [0.717, 1.165) is 12.0 Å². The number of carboxylic acids is 1. The number of carboxylic acid groups (broad SMARTS) is 1. The van der Waals surface area contributed by atoms with Crippen molar-refractivity contribution in [2.45, 2.75) is 70.9 Å². The van der Waals surface area contributed by atoms with Crippen LogP contribution in [0.3, 0.4) is 0 Å². The van der Waals surface area contributed by atoms with Crippen molar-refractivity contribution < 1.29 is 34.1 Å². The van der Waals surface area contributed by atoms with Gasteiger partial charge in [0.15, 0.2) is 5.78 Å². The molecule has 0 radical (unpaired) electrons. The average molecular weight is 492 g/mol. The Morgan fingerprint density at radius 1 is 1.18 bits per heavy atom. The first-order valence-electron chi connectivity index (χ1n) is 11.9. The van der Waals surface area contributed by atoms with Crippen LogP contribution >= 0.6 is 12.6 Å². The number of thiol groups is 1. The zero-order chi connectivity index (χ0) is 25.1. The molecule has 0 aromatic heterocycles. The second-order valence-electron chi connectivity index (χ2n) is 10.7. The molecule has 0 aromatic carbocycles. The zero-order valence-corrected chi connectivity index (χ0v) is 20.7. The zero-order valence-electron chi connectivity index (χ0n) is 19.8. The Hall–Kier alpha value is -2.29. The highest BCUT2D eigenvalue weighted by atomic mass is 32.1. The smallest absolute Gasteiger partial charge is 0.348 e. The summed E-state index contributed by atoms with van der Waals surface area (Å²) in [5.41, 5.74) is -2.18. The number of hydrogen-bond donors (Lipinski definition) is 4. The van der Waals surface area contributed by atoms with Crippen molar-refractivity contribution in [3.63, 3.8) is 0 Å². The van der Waals surface area contributed by atoms with Gasteiger partial charge in [-0.25, -0.2) is 9.59 Å². The van der Waals surface area contributed by atoms with Crippen LogP contribution in [0.2, 0.25) is 0 Å². The monoisotopic (exact) mass is 491 g/mol. The molecule has 8 nitrogen and oxygen atoms in total. The average Bonchev–Trinajstić information content (AvgIpc) is 3.06. The molecule has 6 unspecified atom stereocenters. The Labute approximate surface area is 204 Å². The summed E-state index contributed by atoms with van der Waals surface area (Å²) in [6.45, 7) is 5.17. The number of allylic oxidation sites excluding steroid dienone is 3. The van der Waals surface area contributed by atoms with Gasteiger partial charge in [0.05, 0.1) is 0 Å². The quantitative estimate of drug-likeness (QED) is 0.344. The molecule has 4 rings (SSSR count). The molecular weight excluding hydrogens is 458 g/mol. The van der Waals surface area contributed by atoms with Gasteiger partial charge in [-0.2, -0.15) is 12.6 Å². The van der Waals surface area contributed by atoms with Gasteiger partial charge in [-0.1, -0.05) is 12.5 Å². The lowest BCUT2D eigenvalue weighted by atomic mass is 9.47. The van der Waals surface area contributed by atoms with Crippen LogP contribution in [0.1, 0.15) is 59.3 Å². The number of aliphatic hydroxyl groups excluding tert-OH is 1. The van der Waals surface area contributed by atoms with Crippen LogP contribution < -0.4 is 5.32 Å². The van der Waals surface area contributed by atoms with Gasteiger partial charge in [-0.3, -0.25) is 9.59 Å². The molecular formula is C25H33NO7S. The first-order valence-corrected chi connectivity index (χ1v) is 12.5. The van der Waals surface area contributed by atoms with Gasteiger partial charge in [0, 0.05) is 29.6 Å². The highest BCUT2D eigenvalue weighted by molar-refractivity contribution is 7.80. The van der Waals surface area contributed by atoms with Gasteiger partial charge in [0.1, 0.15) is 11.8 Å². The maximum absolute atomic E-state index is 13.0. The minimum atomic E-state index is -1.70. The molecule has 1 amide bonds. The molecule has 4 aliphatic carbocycles. The third-order valence-electron chi connectivity index (χ3n) is 9.30.